The van der Waals surface area contributed by atoms with E-state index in [1.54, 1.807) is 12.1 Å². The Morgan fingerprint density at radius 3 is 2.50 bits per heavy atom. The highest BCUT2D eigenvalue weighted by Crippen LogP contribution is 2.13. The second-order valence-corrected chi connectivity index (χ2v) is 5.31. The highest BCUT2D eigenvalue weighted by molar-refractivity contribution is 7.99. The van der Waals surface area contributed by atoms with Gasteiger partial charge in [0.05, 0.1) is 5.75 Å². The third kappa shape index (κ3) is 6.06. The van der Waals surface area contributed by atoms with Gasteiger partial charge in [-0.05, 0) is 24.1 Å². The Labute approximate surface area is 122 Å². The summed E-state index contributed by atoms with van der Waals surface area (Å²) < 4.78 is 12.7. The van der Waals surface area contributed by atoms with Gasteiger partial charge >= 0.3 is 5.97 Å². The van der Waals surface area contributed by atoms with Crippen molar-refractivity contribution in [3.05, 3.63) is 35.6 Å². The topological polar surface area (TPSA) is 57.6 Å². The number of halogens is 1. The predicted molar refractivity (Wildman–Crippen MR) is 77.1 cm³/mol. The number of carboxylic acid groups (broad SMARTS) is 1. The van der Waals surface area contributed by atoms with E-state index in [0.29, 0.717) is 12.3 Å². The Hall–Kier alpha value is -1.56. The van der Waals surface area contributed by atoms with E-state index >= 15 is 0 Å². The van der Waals surface area contributed by atoms with Crippen molar-refractivity contribution in [2.45, 2.75) is 19.1 Å². The molecule has 0 aliphatic carbocycles. The van der Waals surface area contributed by atoms with Crippen molar-refractivity contribution >= 4 is 23.6 Å². The van der Waals surface area contributed by atoms with Crippen molar-refractivity contribution in [2.75, 3.05) is 18.8 Å². The lowest BCUT2D eigenvalue weighted by Crippen LogP contribution is -2.37. The van der Waals surface area contributed by atoms with E-state index in [2.05, 4.69) is 0 Å². The zero-order valence-electron chi connectivity index (χ0n) is 11.3. The highest BCUT2D eigenvalue weighted by atomic mass is 32.2. The summed E-state index contributed by atoms with van der Waals surface area (Å²) in [4.78, 5) is 23.9. The van der Waals surface area contributed by atoms with E-state index in [-0.39, 0.29) is 24.0 Å². The van der Waals surface area contributed by atoms with Crippen molar-refractivity contribution in [3.63, 3.8) is 0 Å². The lowest BCUT2D eigenvalue weighted by molar-refractivity contribution is -0.143. The fourth-order valence-electron chi connectivity index (χ4n) is 1.65. The molecule has 0 unspecified atom stereocenters. The van der Waals surface area contributed by atoms with E-state index in [9.17, 15) is 14.0 Å². The minimum Gasteiger partial charge on any atom is -0.480 e. The molecule has 0 aromatic heterocycles. The van der Waals surface area contributed by atoms with Crippen LogP contribution in [0.4, 0.5) is 4.39 Å². The minimum atomic E-state index is -1.00. The van der Waals surface area contributed by atoms with Gasteiger partial charge in [-0.2, -0.15) is 0 Å². The summed E-state index contributed by atoms with van der Waals surface area (Å²) in [5.74, 6) is -0.647. The van der Waals surface area contributed by atoms with Crippen LogP contribution in [0.2, 0.25) is 0 Å². The molecule has 20 heavy (non-hydrogen) atoms. The molecule has 0 bridgehead atoms. The van der Waals surface area contributed by atoms with Gasteiger partial charge in [0.2, 0.25) is 5.91 Å². The molecule has 0 aliphatic heterocycles. The van der Waals surface area contributed by atoms with Crippen molar-refractivity contribution in [1.82, 2.24) is 4.90 Å². The van der Waals surface area contributed by atoms with Crippen LogP contribution in [0.1, 0.15) is 18.9 Å². The van der Waals surface area contributed by atoms with Gasteiger partial charge < -0.3 is 10.0 Å². The van der Waals surface area contributed by atoms with Gasteiger partial charge in [0.15, 0.2) is 0 Å². The number of benzene rings is 1. The van der Waals surface area contributed by atoms with E-state index in [1.165, 1.54) is 28.8 Å². The van der Waals surface area contributed by atoms with Gasteiger partial charge in [-0.15, -0.1) is 11.8 Å². The number of nitrogens with zero attached hydrogens (tertiary/aromatic N) is 1. The van der Waals surface area contributed by atoms with E-state index in [4.69, 9.17) is 5.11 Å². The zero-order valence-corrected chi connectivity index (χ0v) is 12.2. The second kappa shape index (κ2) is 8.58. The molecule has 1 rings (SSSR count). The summed E-state index contributed by atoms with van der Waals surface area (Å²) >= 11 is 1.39. The van der Waals surface area contributed by atoms with E-state index < -0.39 is 5.97 Å². The number of aliphatic carboxylic acids is 1. The number of carbonyl (C=O) groups is 2. The number of carbonyl (C=O) groups excluding carboxylic acids is 1. The van der Waals surface area contributed by atoms with Gasteiger partial charge in [0, 0.05) is 12.3 Å². The summed E-state index contributed by atoms with van der Waals surface area (Å²) in [6.07, 6.45) is 0.724. The maximum atomic E-state index is 12.7. The third-order valence-corrected chi connectivity index (χ3v) is 3.57. The molecule has 1 aromatic rings. The summed E-state index contributed by atoms with van der Waals surface area (Å²) in [6.45, 7) is 2.08. The number of hydrogen-bond acceptors (Lipinski definition) is 3. The van der Waals surface area contributed by atoms with Crippen molar-refractivity contribution in [1.29, 1.82) is 0 Å². The maximum absolute atomic E-state index is 12.7. The third-order valence-electron chi connectivity index (χ3n) is 2.58. The minimum absolute atomic E-state index is 0.179. The SMILES string of the molecule is CCCN(CC(=O)O)C(=O)CSCc1ccc(F)cc1. The van der Waals surface area contributed by atoms with Crippen molar-refractivity contribution in [2.24, 2.45) is 0 Å². The molecule has 1 amide bonds. The first-order valence-electron chi connectivity index (χ1n) is 6.34. The molecule has 0 fully saturated rings. The van der Waals surface area contributed by atoms with Crippen LogP contribution in [0, 0.1) is 5.82 Å². The molecular weight excluding hydrogens is 281 g/mol. The first-order valence-corrected chi connectivity index (χ1v) is 7.50. The van der Waals surface area contributed by atoms with Crippen LogP contribution in [-0.2, 0) is 15.3 Å². The molecule has 110 valence electrons. The number of amides is 1. The second-order valence-electron chi connectivity index (χ2n) is 4.33. The van der Waals surface area contributed by atoms with Gasteiger partial charge in [-0.3, -0.25) is 9.59 Å². The Bertz CT molecular complexity index is 450. The molecule has 6 heteroatoms. The number of rotatable bonds is 8. The molecule has 0 spiro atoms. The lowest BCUT2D eigenvalue weighted by atomic mass is 10.2. The van der Waals surface area contributed by atoms with Crippen LogP contribution in [-0.4, -0.2) is 40.7 Å². The maximum Gasteiger partial charge on any atom is 0.323 e. The molecule has 4 nitrogen and oxygen atoms in total. The summed E-state index contributed by atoms with van der Waals surface area (Å²) in [5.41, 5.74) is 0.935. The average Bonchev–Trinajstić information content (AvgIpc) is 2.40. The normalized spacial score (nSPS) is 10.3. The highest BCUT2D eigenvalue weighted by Gasteiger charge is 2.15. The van der Waals surface area contributed by atoms with Crippen LogP contribution >= 0.6 is 11.8 Å². The van der Waals surface area contributed by atoms with Gasteiger partial charge in [0.25, 0.3) is 0 Å². The smallest absolute Gasteiger partial charge is 0.323 e. The van der Waals surface area contributed by atoms with Crippen LogP contribution in [0.5, 0.6) is 0 Å². The molecule has 0 heterocycles. The van der Waals surface area contributed by atoms with E-state index in [0.717, 1.165) is 12.0 Å². The molecule has 0 saturated heterocycles. The Balaban J connectivity index is 2.40. The number of thioether (sulfide) groups is 1. The Morgan fingerprint density at radius 2 is 1.95 bits per heavy atom. The van der Waals surface area contributed by atoms with Crippen molar-refractivity contribution < 1.29 is 19.1 Å². The molecule has 1 N–H and O–H groups in total. The van der Waals surface area contributed by atoms with E-state index in [1.807, 2.05) is 6.92 Å². The standard InChI is InChI=1S/C14H18FNO3S/c1-2-7-16(8-14(18)19)13(17)10-20-9-11-3-5-12(15)6-4-11/h3-6H,2,7-10H2,1H3,(H,18,19). The number of hydrogen-bond donors (Lipinski definition) is 1. The average molecular weight is 299 g/mol. The van der Waals surface area contributed by atoms with Crippen LogP contribution in [0.3, 0.4) is 0 Å². The Kier molecular flexibility index (Phi) is 7.08. The summed E-state index contributed by atoms with van der Waals surface area (Å²) in [5, 5.41) is 8.75. The predicted octanol–water partition coefficient (Wildman–Crippen LogP) is 2.38. The van der Waals surface area contributed by atoms with Crippen LogP contribution in [0.15, 0.2) is 24.3 Å². The lowest BCUT2D eigenvalue weighted by Gasteiger charge is -2.19. The first kappa shape index (κ1) is 16.5. The quantitative estimate of drug-likeness (QED) is 0.800. The van der Waals surface area contributed by atoms with Crippen LogP contribution in [0.25, 0.3) is 0 Å². The molecule has 0 atom stereocenters. The molecule has 0 aliphatic rings. The molecule has 0 saturated carbocycles. The molecule has 1 aromatic carbocycles. The zero-order chi connectivity index (χ0) is 15.0. The first-order chi connectivity index (χ1) is 9.52. The Morgan fingerprint density at radius 1 is 1.30 bits per heavy atom. The summed E-state index contributed by atoms with van der Waals surface area (Å²) in [6, 6.07) is 6.11. The number of carboxylic acids is 1. The largest absolute Gasteiger partial charge is 0.480 e. The van der Waals surface area contributed by atoms with Crippen molar-refractivity contribution in [3.8, 4) is 0 Å². The van der Waals surface area contributed by atoms with Gasteiger partial charge in [-0.1, -0.05) is 19.1 Å². The fourth-order valence-corrected chi connectivity index (χ4v) is 2.54. The van der Waals surface area contributed by atoms with Crippen LogP contribution < -0.4 is 0 Å². The monoisotopic (exact) mass is 299 g/mol. The van der Waals surface area contributed by atoms with Gasteiger partial charge in [-0.25, -0.2) is 4.39 Å². The molecular formula is C14H18FNO3S. The molecule has 0 radical (unpaired) electrons. The van der Waals surface area contributed by atoms with Gasteiger partial charge in [0.1, 0.15) is 12.4 Å². The summed E-state index contributed by atoms with van der Waals surface area (Å²) in [7, 11) is 0. The fraction of sp³-hybridized carbons (Fsp3) is 0.429.